The van der Waals surface area contributed by atoms with Crippen molar-refractivity contribution in [1.29, 1.82) is 0 Å². The van der Waals surface area contributed by atoms with Crippen molar-refractivity contribution in [1.82, 2.24) is 10.2 Å². The zero-order chi connectivity index (χ0) is 16.4. The molecule has 0 aromatic heterocycles. The van der Waals surface area contributed by atoms with Gasteiger partial charge in [0.15, 0.2) is 0 Å². The topological polar surface area (TPSA) is 44.4 Å². The summed E-state index contributed by atoms with van der Waals surface area (Å²) >= 11 is 0. The van der Waals surface area contributed by atoms with E-state index in [0.29, 0.717) is 12.0 Å². The molecule has 126 valence electrons. The number of anilines is 1. The Hall–Kier alpha value is -1.55. The van der Waals surface area contributed by atoms with E-state index in [2.05, 4.69) is 54.5 Å². The van der Waals surface area contributed by atoms with Crippen molar-refractivity contribution in [2.45, 2.75) is 52.1 Å². The SMILES string of the molecule is Cc1ccc2c(c1)C[C@H](C(=O)NCC1CCN(C(C)C)CC1)N2. The zero-order valence-corrected chi connectivity index (χ0v) is 14.6. The van der Waals surface area contributed by atoms with Crippen LogP contribution < -0.4 is 10.6 Å². The summed E-state index contributed by atoms with van der Waals surface area (Å²) in [4.78, 5) is 15.0. The maximum Gasteiger partial charge on any atom is 0.242 e. The van der Waals surface area contributed by atoms with Crippen LogP contribution >= 0.6 is 0 Å². The van der Waals surface area contributed by atoms with Gasteiger partial charge in [-0.25, -0.2) is 0 Å². The highest BCUT2D eigenvalue weighted by Gasteiger charge is 2.27. The third-order valence-corrected chi connectivity index (χ3v) is 5.28. The van der Waals surface area contributed by atoms with Crippen molar-refractivity contribution in [3.63, 3.8) is 0 Å². The van der Waals surface area contributed by atoms with Crippen molar-refractivity contribution in [3.8, 4) is 0 Å². The van der Waals surface area contributed by atoms with Crippen LogP contribution in [0.2, 0.25) is 0 Å². The lowest BCUT2D eigenvalue weighted by atomic mass is 9.96. The van der Waals surface area contributed by atoms with Gasteiger partial charge in [-0.3, -0.25) is 4.79 Å². The number of fused-ring (bicyclic) bond motifs is 1. The number of nitrogens with one attached hydrogen (secondary N) is 2. The molecule has 3 rings (SSSR count). The summed E-state index contributed by atoms with van der Waals surface area (Å²) in [7, 11) is 0. The third kappa shape index (κ3) is 3.86. The normalized spacial score (nSPS) is 22.0. The second-order valence-electron chi connectivity index (χ2n) is 7.38. The Kier molecular flexibility index (Phi) is 4.90. The molecule has 0 bridgehead atoms. The first-order chi connectivity index (χ1) is 11.0. The molecule has 1 amide bonds. The number of likely N-dealkylation sites (tertiary alicyclic amines) is 1. The lowest BCUT2D eigenvalue weighted by Crippen LogP contribution is -2.44. The van der Waals surface area contributed by atoms with E-state index in [-0.39, 0.29) is 11.9 Å². The number of hydrogen-bond acceptors (Lipinski definition) is 3. The van der Waals surface area contributed by atoms with Gasteiger partial charge in [-0.15, -0.1) is 0 Å². The van der Waals surface area contributed by atoms with Crippen LogP contribution in [-0.4, -0.2) is 42.5 Å². The molecule has 2 N–H and O–H groups in total. The van der Waals surface area contributed by atoms with Gasteiger partial charge in [0.1, 0.15) is 6.04 Å². The number of carbonyl (C=O) groups is 1. The fraction of sp³-hybridized carbons (Fsp3) is 0.632. The van der Waals surface area contributed by atoms with Crippen LogP contribution in [-0.2, 0) is 11.2 Å². The third-order valence-electron chi connectivity index (χ3n) is 5.28. The second-order valence-corrected chi connectivity index (χ2v) is 7.38. The average molecular weight is 315 g/mol. The Bertz CT molecular complexity index is 562. The van der Waals surface area contributed by atoms with Crippen molar-refractivity contribution in [3.05, 3.63) is 29.3 Å². The molecule has 2 aliphatic rings. The van der Waals surface area contributed by atoms with E-state index in [9.17, 15) is 4.79 Å². The summed E-state index contributed by atoms with van der Waals surface area (Å²) < 4.78 is 0. The number of carbonyl (C=O) groups excluding carboxylic acids is 1. The van der Waals surface area contributed by atoms with Crippen LogP contribution in [0.4, 0.5) is 5.69 Å². The molecule has 4 nitrogen and oxygen atoms in total. The highest BCUT2D eigenvalue weighted by atomic mass is 16.2. The van der Waals surface area contributed by atoms with Crippen LogP contribution in [0, 0.1) is 12.8 Å². The number of hydrogen-bond donors (Lipinski definition) is 2. The first-order valence-corrected chi connectivity index (χ1v) is 8.90. The van der Waals surface area contributed by atoms with Gasteiger partial charge in [0, 0.05) is 24.7 Å². The predicted octanol–water partition coefficient (Wildman–Crippen LogP) is 2.57. The van der Waals surface area contributed by atoms with Crippen LogP contribution in [0.25, 0.3) is 0 Å². The minimum atomic E-state index is -0.109. The molecular formula is C19H29N3O. The zero-order valence-electron chi connectivity index (χ0n) is 14.6. The van der Waals surface area contributed by atoms with Gasteiger partial charge in [-0.2, -0.15) is 0 Å². The molecule has 0 radical (unpaired) electrons. The standard InChI is InChI=1S/C19H29N3O/c1-13(2)22-8-6-15(7-9-22)12-20-19(23)18-11-16-10-14(3)4-5-17(16)21-18/h4-5,10,13,15,18,21H,6-9,11-12H2,1-3H3,(H,20,23)/t18-/m1/s1. The van der Waals surface area contributed by atoms with Crippen molar-refractivity contribution in [2.24, 2.45) is 5.92 Å². The number of rotatable bonds is 4. The molecule has 2 heterocycles. The maximum absolute atomic E-state index is 12.4. The van der Waals surface area contributed by atoms with Gasteiger partial charge in [-0.1, -0.05) is 17.7 Å². The first kappa shape index (κ1) is 16.3. The quantitative estimate of drug-likeness (QED) is 0.897. The Morgan fingerprint density at radius 3 is 2.78 bits per heavy atom. The first-order valence-electron chi connectivity index (χ1n) is 8.90. The number of nitrogens with zero attached hydrogens (tertiary/aromatic N) is 1. The lowest BCUT2D eigenvalue weighted by Gasteiger charge is -2.34. The fourth-order valence-electron chi connectivity index (χ4n) is 3.69. The molecule has 1 aromatic rings. The molecule has 23 heavy (non-hydrogen) atoms. The molecule has 1 fully saturated rings. The Morgan fingerprint density at radius 2 is 2.09 bits per heavy atom. The average Bonchev–Trinajstić information content (AvgIpc) is 2.96. The molecule has 1 saturated heterocycles. The van der Waals surface area contributed by atoms with E-state index in [1.165, 1.54) is 24.0 Å². The van der Waals surface area contributed by atoms with E-state index in [1.54, 1.807) is 0 Å². The Balaban J connectivity index is 1.44. The predicted molar refractivity (Wildman–Crippen MR) is 94.7 cm³/mol. The largest absolute Gasteiger partial charge is 0.373 e. The van der Waals surface area contributed by atoms with Gasteiger partial charge < -0.3 is 15.5 Å². The minimum absolute atomic E-state index is 0.109. The van der Waals surface area contributed by atoms with E-state index in [1.807, 2.05) is 0 Å². The monoisotopic (exact) mass is 315 g/mol. The van der Waals surface area contributed by atoms with E-state index in [4.69, 9.17) is 0 Å². The summed E-state index contributed by atoms with van der Waals surface area (Å²) in [5, 5.41) is 6.52. The molecular weight excluding hydrogens is 286 g/mol. The highest BCUT2D eigenvalue weighted by Crippen LogP contribution is 2.26. The molecule has 1 atom stereocenters. The molecule has 4 heteroatoms. The summed E-state index contributed by atoms with van der Waals surface area (Å²) in [6, 6.07) is 6.88. The summed E-state index contributed by atoms with van der Waals surface area (Å²) in [6.45, 7) is 9.74. The molecule has 1 aromatic carbocycles. The van der Waals surface area contributed by atoms with Crippen LogP contribution in [0.1, 0.15) is 37.8 Å². The van der Waals surface area contributed by atoms with Gasteiger partial charge in [0.05, 0.1) is 0 Å². The number of aryl methyl sites for hydroxylation is 1. The van der Waals surface area contributed by atoms with Crippen LogP contribution in [0.3, 0.4) is 0 Å². The van der Waals surface area contributed by atoms with Crippen molar-refractivity contribution < 1.29 is 4.79 Å². The number of amides is 1. The second kappa shape index (κ2) is 6.91. The molecule has 0 aliphatic carbocycles. The molecule has 0 saturated carbocycles. The molecule has 2 aliphatic heterocycles. The van der Waals surface area contributed by atoms with Gasteiger partial charge >= 0.3 is 0 Å². The van der Waals surface area contributed by atoms with Gasteiger partial charge in [0.2, 0.25) is 5.91 Å². The molecule has 0 spiro atoms. The van der Waals surface area contributed by atoms with E-state index >= 15 is 0 Å². The highest BCUT2D eigenvalue weighted by molar-refractivity contribution is 5.87. The van der Waals surface area contributed by atoms with Crippen LogP contribution in [0.5, 0.6) is 0 Å². The van der Waals surface area contributed by atoms with E-state index in [0.717, 1.165) is 31.7 Å². The lowest BCUT2D eigenvalue weighted by molar-refractivity contribution is -0.122. The smallest absolute Gasteiger partial charge is 0.242 e. The van der Waals surface area contributed by atoms with Crippen molar-refractivity contribution >= 4 is 11.6 Å². The Morgan fingerprint density at radius 1 is 1.35 bits per heavy atom. The van der Waals surface area contributed by atoms with Gasteiger partial charge in [0.25, 0.3) is 0 Å². The molecule has 0 unspecified atom stereocenters. The number of piperidine rings is 1. The minimum Gasteiger partial charge on any atom is -0.373 e. The van der Waals surface area contributed by atoms with Gasteiger partial charge in [-0.05, 0) is 64.3 Å². The summed E-state index contributed by atoms with van der Waals surface area (Å²) in [5.74, 6) is 0.769. The summed E-state index contributed by atoms with van der Waals surface area (Å²) in [5.41, 5.74) is 3.62. The number of benzene rings is 1. The Labute approximate surface area is 139 Å². The van der Waals surface area contributed by atoms with Crippen LogP contribution in [0.15, 0.2) is 18.2 Å². The maximum atomic E-state index is 12.4. The van der Waals surface area contributed by atoms with Crippen molar-refractivity contribution in [2.75, 3.05) is 25.0 Å². The fourth-order valence-corrected chi connectivity index (χ4v) is 3.69. The van der Waals surface area contributed by atoms with E-state index < -0.39 is 0 Å². The summed E-state index contributed by atoms with van der Waals surface area (Å²) in [6.07, 6.45) is 3.18.